The van der Waals surface area contributed by atoms with Gasteiger partial charge in [-0.15, -0.1) is 0 Å². The molecule has 0 atom stereocenters. The lowest BCUT2D eigenvalue weighted by molar-refractivity contribution is -0.144. The van der Waals surface area contributed by atoms with E-state index in [4.69, 9.17) is 23.2 Å². The van der Waals surface area contributed by atoms with Gasteiger partial charge >= 0.3 is 5.97 Å². The SMILES string of the molecule is CCC1CC(C(=O)O)(S(=O)(=O)c2cc(Cl)ccc2Cl)C1. The number of halogens is 2. The Kier molecular flexibility index (Phi) is 4.06. The molecule has 0 radical (unpaired) electrons. The number of carboxylic acids is 1. The van der Waals surface area contributed by atoms with Crippen molar-refractivity contribution in [3.05, 3.63) is 28.2 Å². The maximum Gasteiger partial charge on any atom is 0.325 e. The molecule has 1 saturated carbocycles. The zero-order valence-electron chi connectivity index (χ0n) is 10.8. The molecule has 7 heteroatoms. The number of sulfone groups is 1. The topological polar surface area (TPSA) is 71.4 Å². The Morgan fingerprint density at radius 1 is 1.40 bits per heavy atom. The van der Waals surface area contributed by atoms with Crippen LogP contribution in [0.25, 0.3) is 0 Å². The molecule has 0 saturated heterocycles. The fraction of sp³-hybridized carbons (Fsp3) is 0.462. The highest BCUT2D eigenvalue weighted by molar-refractivity contribution is 7.93. The molecule has 0 bridgehead atoms. The standard InChI is InChI=1S/C13H14Cl2O4S/c1-2-8-6-13(7-8,12(16)17)20(18,19)11-5-9(14)3-4-10(11)15/h3-5,8H,2,6-7H2,1H3,(H,16,17). The van der Waals surface area contributed by atoms with E-state index in [-0.39, 0.29) is 33.7 Å². The van der Waals surface area contributed by atoms with Crippen LogP contribution < -0.4 is 0 Å². The first-order valence-electron chi connectivity index (χ1n) is 6.17. The molecule has 0 aromatic heterocycles. The zero-order chi connectivity index (χ0) is 15.1. The van der Waals surface area contributed by atoms with Crippen molar-refractivity contribution in [2.24, 2.45) is 5.92 Å². The van der Waals surface area contributed by atoms with Gasteiger partial charge in [0.15, 0.2) is 14.6 Å². The summed E-state index contributed by atoms with van der Waals surface area (Å²) >= 11 is 11.7. The third-order valence-electron chi connectivity index (χ3n) is 3.90. The number of carbonyl (C=O) groups is 1. The molecule has 0 amide bonds. The lowest BCUT2D eigenvalue weighted by atomic mass is 9.73. The number of hydrogen-bond donors (Lipinski definition) is 1. The van der Waals surface area contributed by atoms with E-state index in [1.54, 1.807) is 0 Å². The number of hydrogen-bond acceptors (Lipinski definition) is 3. The van der Waals surface area contributed by atoms with Crippen LogP contribution in [0.4, 0.5) is 0 Å². The minimum absolute atomic E-state index is 0.00465. The van der Waals surface area contributed by atoms with Gasteiger partial charge in [0.05, 0.1) is 9.92 Å². The van der Waals surface area contributed by atoms with E-state index < -0.39 is 20.6 Å². The Balaban J connectivity index is 2.54. The summed E-state index contributed by atoms with van der Waals surface area (Å²) < 4.78 is 23.6. The summed E-state index contributed by atoms with van der Waals surface area (Å²) in [4.78, 5) is 11.3. The molecule has 1 fully saturated rings. The summed E-state index contributed by atoms with van der Waals surface area (Å²) in [6.07, 6.45) is 0.988. The van der Waals surface area contributed by atoms with Crippen LogP contribution in [0.2, 0.25) is 10.0 Å². The summed E-state index contributed by atoms with van der Waals surface area (Å²) in [5, 5.41) is 9.60. The molecule has 110 valence electrons. The van der Waals surface area contributed by atoms with Crippen molar-refractivity contribution in [2.45, 2.75) is 35.8 Å². The molecule has 0 aliphatic heterocycles. The molecule has 2 rings (SSSR count). The van der Waals surface area contributed by atoms with Crippen LogP contribution in [0.1, 0.15) is 26.2 Å². The number of carboxylic acid groups (broad SMARTS) is 1. The number of rotatable bonds is 4. The Labute approximate surface area is 127 Å². The molecular weight excluding hydrogens is 323 g/mol. The van der Waals surface area contributed by atoms with E-state index in [2.05, 4.69) is 0 Å². The largest absolute Gasteiger partial charge is 0.480 e. The zero-order valence-corrected chi connectivity index (χ0v) is 13.1. The van der Waals surface area contributed by atoms with Crippen LogP contribution in [0.5, 0.6) is 0 Å². The van der Waals surface area contributed by atoms with E-state index in [9.17, 15) is 18.3 Å². The second-order valence-corrected chi connectivity index (χ2v) is 8.13. The maximum absolute atomic E-state index is 12.7. The number of aliphatic carboxylic acids is 1. The van der Waals surface area contributed by atoms with Gasteiger partial charge in [0.25, 0.3) is 0 Å². The Morgan fingerprint density at radius 2 is 2.00 bits per heavy atom. The van der Waals surface area contributed by atoms with Crippen LogP contribution in [-0.4, -0.2) is 24.2 Å². The smallest absolute Gasteiger partial charge is 0.325 e. The summed E-state index contributed by atoms with van der Waals surface area (Å²) in [5.41, 5.74) is 0. The van der Waals surface area contributed by atoms with Gasteiger partial charge in [0.2, 0.25) is 0 Å². The maximum atomic E-state index is 12.7. The highest BCUT2D eigenvalue weighted by atomic mass is 35.5. The van der Waals surface area contributed by atoms with E-state index in [0.29, 0.717) is 0 Å². The van der Waals surface area contributed by atoms with E-state index in [1.165, 1.54) is 18.2 Å². The third kappa shape index (κ3) is 2.22. The molecule has 1 aliphatic rings. The van der Waals surface area contributed by atoms with Gasteiger partial charge in [-0.1, -0.05) is 36.5 Å². The summed E-state index contributed by atoms with van der Waals surface area (Å²) in [5.74, 6) is -1.21. The second kappa shape index (κ2) is 5.20. The predicted octanol–water partition coefficient (Wildman–Crippen LogP) is 3.41. The molecule has 0 spiro atoms. The number of benzene rings is 1. The molecule has 4 nitrogen and oxygen atoms in total. The fourth-order valence-electron chi connectivity index (χ4n) is 2.56. The van der Waals surface area contributed by atoms with Crippen LogP contribution in [0.15, 0.2) is 23.1 Å². The van der Waals surface area contributed by atoms with E-state index >= 15 is 0 Å². The minimum atomic E-state index is -4.08. The first kappa shape index (κ1) is 15.6. The van der Waals surface area contributed by atoms with Crippen molar-refractivity contribution in [3.8, 4) is 0 Å². The van der Waals surface area contributed by atoms with Crippen molar-refractivity contribution in [3.63, 3.8) is 0 Å². The first-order valence-corrected chi connectivity index (χ1v) is 8.41. The van der Waals surface area contributed by atoms with Gasteiger partial charge in [-0.05, 0) is 37.0 Å². The molecule has 0 heterocycles. The molecular formula is C13H14Cl2O4S. The molecule has 1 N–H and O–H groups in total. The fourth-order valence-corrected chi connectivity index (χ4v) is 5.39. The molecule has 20 heavy (non-hydrogen) atoms. The highest BCUT2D eigenvalue weighted by Gasteiger charge is 2.60. The van der Waals surface area contributed by atoms with Crippen molar-refractivity contribution in [2.75, 3.05) is 0 Å². The second-order valence-electron chi connectivity index (χ2n) is 5.06. The lowest BCUT2D eigenvalue weighted by Gasteiger charge is -2.43. The monoisotopic (exact) mass is 336 g/mol. The lowest BCUT2D eigenvalue weighted by Crippen LogP contribution is -2.56. The normalized spacial score (nSPS) is 26.1. The van der Waals surface area contributed by atoms with Crippen molar-refractivity contribution < 1.29 is 18.3 Å². The summed E-state index contributed by atoms with van der Waals surface area (Å²) in [7, 11) is -4.08. The molecule has 1 aromatic rings. The Morgan fingerprint density at radius 3 is 2.50 bits per heavy atom. The Hall–Kier alpha value is -0.780. The molecule has 1 aromatic carbocycles. The quantitative estimate of drug-likeness (QED) is 0.914. The van der Waals surface area contributed by atoms with Crippen molar-refractivity contribution in [1.29, 1.82) is 0 Å². The predicted molar refractivity (Wildman–Crippen MR) is 77.0 cm³/mol. The third-order valence-corrected chi connectivity index (χ3v) is 7.03. The summed E-state index contributed by atoms with van der Waals surface area (Å²) in [6.45, 7) is 1.91. The minimum Gasteiger partial charge on any atom is -0.480 e. The molecule has 1 aliphatic carbocycles. The van der Waals surface area contributed by atoms with Gasteiger partial charge in [-0.2, -0.15) is 0 Å². The average Bonchev–Trinajstić information content (AvgIpc) is 2.30. The van der Waals surface area contributed by atoms with Crippen LogP contribution in [-0.2, 0) is 14.6 Å². The van der Waals surface area contributed by atoms with Crippen LogP contribution in [0.3, 0.4) is 0 Å². The van der Waals surface area contributed by atoms with Crippen molar-refractivity contribution >= 4 is 39.0 Å². The van der Waals surface area contributed by atoms with Crippen molar-refractivity contribution in [1.82, 2.24) is 0 Å². The average molecular weight is 337 g/mol. The molecule has 0 unspecified atom stereocenters. The Bertz CT molecular complexity index is 648. The van der Waals surface area contributed by atoms with E-state index in [0.717, 1.165) is 6.42 Å². The summed E-state index contributed by atoms with van der Waals surface area (Å²) in [6, 6.07) is 4.04. The first-order chi connectivity index (χ1) is 9.24. The van der Waals surface area contributed by atoms with E-state index in [1.807, 2.05) is 6.92 Å². The van der Waals surface area contributed by atoms with Crippen LogP contribution >= 0.6 is 23.2 Å². The van der Waals surface area contributed by atoms with Gasteiger partial charge in [0.1, 0.15) is 0 Å². The van der Waals surface area contributed by atoms with Gasteiger partial charge in [-0.3, -0.25) is 4.79 Å². The van der Waals surface area contributed by atoms with Gasteiger partial charge in [0, 0.05) is 5.02 Å². The highest BCUT2D eigenvalue weighted by Crippen LogP contribution is 2.49. The van der Waals surface area contributed by atoms with Crippen LogP contribution in [0, 0.1) is 5.92 Å². The van der Waals surface area contributed by atoms with Gasteiger partial charge in [-0.25, -0.2) is 8.42 Å². The van der Waals surface area contributed by atoms with Gasteiger partial charge < -0.3 is 5.11 Å².